The second kappa shape index (κ2) is 7.12. The molecular weight excluding hydrogens is 352 g/mol. The summed E-state index contributed by atoms with van der Waals surface area (Å²) in [5.74, 6) is -0.332. The van der Waals surface area contributed by atoms with E-state index in [0.29, 0.717) is 22.0 Å². The number of nitrogens with zero attached hydrogens (tertiary/aromatic N) is 2. The van der Waals surface area contributed by atoms with Gasteiger partial charge >= 0.3 is 5.97 Å². The normalized spacial score (nSPS) is 10.8. The van der Waals surface area contributed by atoms with E-state index in [9.17, 15) is 9.59 Å². The van der Waals surface area contributed by atoms with Crippen LogP contribution in [0.4, 0.5) is 0 Å². The largest absolute Gasteiger partial charge is 0.363 e. The first-order valence-electron chi connectivity index (χ1n) is 8.91. The fourth-order valence-electron chi connectivity index (χ4n) is 2.99. The lowest BCUT2D eigenvalue weighted by Crippen LogP contribution is -2.33. The van der Waals surface area contributed by atoms with Crippen LogP contribution in [0.1, 0.15) is 21.5 Å². The Balaban J connectivity index is 1.89. The molecule has 5 heteroatoms. The third-order valence-electron chi connectivity index (χ3n) is 4.48. The fraction of sp³-hybridized carbons (Fsp3) is 0.0870. The van der Waals surface area contributed by atoms with Gasteiger partial charge < -0.3 is 4.84 Å². The zero-order valence-electron chi connectivity index (χ0n) is 15.5. The standard InChI is InChI=1S/C23H18N2O3/c1-15-10-12-17(13-11-15)23(27)28-25-21(18-7-5-6-16(2)14-18)24-20-9-4-3-8-19(20)22(25)26/h3-14H,1-2H3. The number of aryl methyl sites for hydroxylation is 2. The minimum Gasteiger partial charge on any atom is -0.326 e. The van der Waals surface area contributed by atoms with Gasteiger partial charge in [-0.3, -0.25) is 4.79 Å². The van der Waals surface area contributed by atoms with Crippen molar-refractivity contribution in [3.8, 4) is 11.4 Å². The molecular formula is C23H18N2O3. The van der Waals surface area contributed by atoms with Crippen molar-refractivity contribution < 1.29 is 9.63 Å². The quantitative estimate of drug-likeness (QED) is 0.548. The van der Waals surface area contributed by atoms with Crippen LogP contribution in [0.15, 0.2) is 77.6 Å². The molecule has 0 saturated heterocycles. The van der Waals surface area contributed by atoms with Gasteiger partial charge in [0, 0.05) is 5.56 Å². The van der Waals surface area contributed by atoms with Crippen LogP contribution in [-0.2, 0) is 0 Å². The molecule has 4 rings (SSSR count). The third-order valence-corrected chi connectivity index (χ3v) is 4.48. The molecule has 0 bridgehead atoms. The van der Waals surface area contributed by atoms with Crippen LogP contribution < -0.4 is 10.4 Å². The zero-order chi connectivity index (χ0) is 19.7. The van der Waals surface area contributed by atoms with E-state index >= 15 is 0 Å². The topological polar surface area (TPSA) is 61.2 Å². The van der Waals surface area contributed by atoms with E-state index in [0.717, 1.165) is 15.9 Å². The summed E-state index contributed by atoms with van der Waals surface area (Å²) in [5.41, 5.74) is 3.22. The van der Waals surface area contributed by atoms with Crippen molar-refractivity contribution >= 4 is 16.9 Å². The molecule has 0 aliphatic heterocycles. The predicted octanol–water partition coefficient (Wildman–Crippen LogP) is 3.95. The molecule has 0 saturated carbocycles. The Kier molecular flexibility index (Phi) is 4.49. The average molecular weight is 370 g/mol. The van der Waals surface area contributed by atoms with E-state index in [2.05, 4.69) is 4.98 Å². The Hall–Kier alpha value is -3.73. The number of rotatable bonds is 3. The maximum Gasteiger partial charge on any atom is 0.363 e. The first kappa shape index (κ1) is 17.7. The summed E-state index contributed by atoms with van der Waals surface area (Å²) < 4.78 is 0.985. The number of benzene rings is 3. The molecule has 0 amide bonds. The summed E-state index contributed by atoms with van der Waals surface area (Å²) in [7, 11) is 0. The van der Waals surface area contributed by atoms with Gasteiger partial charge in [0.2, 0.25) is 0 Å². The van der Waals surface area contributed by atoms with Gasteiger partial charge in [-0.05, 0) is 44.2 Å². The van der Waals surface area contributed by atoms with E-state index in [4.69, 9.17) is 4.84 Å². The van der Waals surface area contributed by atoms with Gasteiger partial charge in [-0.25, -0.2) is 9.78 Å². The number of fused-ring (bicyclic) bond motifs is 1. The fourth-order valence-corrected chi connectivity index (χ4v) is 2.99. The summed E-state index contributed by atoms with van der Waals surface area (Å²) in [6.07, 6.45) is 0. The highest BCUT2D eigenvalue weighted by Gasteiger charge is 2.18. The van der Waals surface area contributed by atoms with Crippen LogP contribution >= 0.6 is 0 Å². The van der Waals surface area contributed by atoms with Gasteiger partial charge in [-0.2, -0.15) is 0 Å². The molecule has 0 N–H and O–H groups in total. The van der Waals surface area contributed by atoms with Crippen LogP contribution in [-0.4, -0.2) is 15.7 Å². The van der Waals surface area contributed by atoms with Crippen molar-refractivity contribution in [2.45, 2.75) is 13.8 Å². The molecule has 28 heavy (non-hydrogen) atoms. The number of carbonyl (C=O) groups excluding carboxylic acids is 1. The van der Waals surface area contributed by atoms with E-state index in [-0.39, 0.29) is 5.82 Å². The molecule has 0 spiro atoms. The van der Waals surface area contributed by atoms with E-state index < -0.39 is 11.5 Å². The van der Waals surface area contributed by atoms with Gasteiger partial charge in [0.05, 0.1) is 16.5 Å². The number of hydrogen-bond donors (Lipinski definition) is 0. The second-order valence-electron chi connectivity index (χ2n) is 6.67. The molecule has 5 nitrogen and oxygen atoms in total. The van der Waals surface area contributed by atoms with Crippen molar-refractivity contribution in [1.29, 1.82) is 0 Å². The molecule has 4 aromatic rings. The van der Waals surface area contributed by atoms with Gasteiger partial charge in [0.15, 0.2) is 5.82 Å². The highest BCUT2D eigenvalue weighted by atomic mass is 16.7. The number of hydrogen-bond acceptors (Lipinski definition) is 4. The summed E-state index contributed by atoms with van der Waals surface area (Å²) in [6, 6.07) is 21.5. The summed E-state index contributed by atoms with van der Waals surface area (Å²) in [6.45, 7) is 3.88. The first-order valence-corrected chi connectivity index (χ1v) is 8.91. The maximum absolute atomic E-state index is 13.1. The highest BCUT2D eigenvalue weighted by Crippen LogP contribution is 2.19. The third kappa shape index (κ3) is 3.30. The van der Waals surface area contributed by atoms with E-state index in [1.807, 2.05) is 56.3 Å². The lowest BCUT2D eigenvalue weighted by molar-refractivity contribution is 0.0449. The Morgan fingerprint density at radius 3 is 2.39 bits per heavy atom. The van der Waals surface area contributed by atoms with Gasteiger partial charge in [0.25, 0.3) is 5.56 Å². The van der Waals surface area contributed by atoms with Crippen molar-refractivity contribution in [2.75, 3.05) is 0 Å². The van der Waals surface area contributed by atoms with E-state index in [1.165, 1.54) is 0 Å². The second-order valence-corrected chi connectivity index (χ2v) is 6.67. The van der Waals surface area contributed by atoms with Crippen LogP contribution in [0.2, 0.25) is 0 Å². The maximum atomic E-state index is 13.1. The van der Waals surface area contributed by atoms with Crippen molar-refractivity contribution in [3.05, 3.63) is 99.8 Å². The summed E-state index contributed by atoms with van der Waals surface area (Å²) in [5, 5.41) is 0.385. The summed E-state index contributed by atoms with van der Waals surface area (Å²) >= 11 is 0. The molecule has 0 atom stereocenters. The minimum atomic E-state index is -0.618. The molecule has 1 heterocycles. The average Bonchev–Trinajstić information content (AvgIpc) is 2.70. The Labute approximate surface area is 161 Å². The van der Waals surface area contributed by atoms with Crippen molar-refractivity contribution in [1.82, 2.24) is 9.71 Å². The smallest absolute Gasteiger partial charge is 0.326 e. The number of para-hydroxylation sites is 1. The number of carbonyl (C=O) groups is 1. The molecule has 0 unspecified atom stereocenters. The zero-order valence-corrected chi connectivity index (χ0v) is 15.5. The molecule has 0 aliphatic rings. The lowest BCUT2D eigenvalue weighted by Gasteiger charge is -2.13. The van der Waals surface area contributed by atoms with Crippen LogP contribution in [0.25, 0.3) is 22.3 Å². The Morgan fingerprint density at radius 2 is 1.64 bits per heavy atom. The van der Waals surface area contributed by atoms with Gasteiger partial charge in [0.1, 0.15) is 0 Å². The molecule has 3 aromatic carbocycles. The lowest BCUT2D eigenvalue weighted by atomic mass is 10.1. The van der Waals surface area contributed by atoms with Gasteiger partial charge in [-0.15, -0.1) is 4.73 Å². The minimum absolute atomic E-state index is 0.285. The molecule has 0 fully saturated rings. The van der Waals surface area contributed by atoms with Crippen LogP contribution in [0, 0.1) is 13.8 Å². The highest BCUT2D eigenvalue weighted by molar-refractivity contribution is 5.90. The number of aromatic nitrogens is 2. The van der Waals surface area contributed by atoms with Crippen LogP contribution in [0.5, 0.6) is 0 Å². The summed E-state index contributed by atoms with van der Waals surface area (Å²) in [4.78, 5) is 35.8. The van der Waals surface area contributed by atoms with Crippen molar-refractivity contribution in [3.63, 3.8) is 0 Å². The van der Waals surface area contributed by atoms with Crippen molar-refractivity contribution in [2.24, 2.45) is 0 Å². The Bertz CT molecular complexity index is 1240. The molecule has 0 aliphatic carbocycles. The molecule has 1 aromatic heterocycles. The predicted molar refractivity (Wildman–Crippen MR) is 108 cm³/mol. The van der Waals surface area contributed by atoms with Crippen LogP contribution in [0.3, 0.4) is 0 Å². The molecule has 0 radical (unpaired) electrons. The SMILES string of the molecule is Cc1ccc(C(=O)On2c(-c3cccc(C)c3)nc3ccccc3c2=O)cc1. The monoisotopic (exact) mass is 370 g/mol. The van der Waals surface area contributed by atoms with E-state index in [1.54, 1.807) is 30.3 Å². The Morgan fingerprint density at radius 1 is 0.893 bits per heavy atom. The molecule has 138 valence electrons. The first-order chi connectivity index (χ1) is 13.5. The van der Waals surface area contributed by atoms with Gasteiger partial charge in [-0.1, -0.05) is 53.6 Å².